The van der Waals surface area contributed by atoms with E-state index in [-0.39, 0.29) is 33.8 Å². The fourth-order valence-corrected chi connectivity index (χ4v) is 3.32. The van der Waals surface area contributed by atoms with Gasteiger partial charge >= 0.3 is 0 Å². The van der Waals surface area contributed by atoms with Gasteiger partial charge in [-0.25, -0.2) is 0 Å². The van der Waals surface area contributed by atoms with Gasteiger partial charge in [-0.1, -0.05) is 39.1 Å². The smallest absolute Gasteiger partial charge is 0.272 e. The van der Waals surface area contributed by atoms with E-state index in [1.54, 1.807) is 18.2 Å². The molecule has 8 nitrogen and oxygen atoms in total. The average molecular weight is 485 g/mol. The topological polar surface area (TPSA) is 114 Å². The van der Waals surface area contributed by atoms with Crippen LogP contribution in [0.2, 0.25) is 10.0 Å². The first kappa shape index (κ1) is 19.9. The van der Waals surface area contributed by atoms with Gasteiger partial charge in [0.15, 0.2) is 11.5 Å². The van der Waals surface area contributed by atoms with Crippen molar-refractivity contribution in [2.45, 2.75) is 0 Å². The molecule has 1 heterocycles. The highest BCUT2D eigenvalue weighted by Crippen LogP contribution is 2.38. The van der Waals surface area contributed by atoms with Gasteiger partial charge in [0.25, 0.3) is 11.6 Å². The summed E-state index contributed by atoms with van der Waals surface area (Å²) in [6.07, 6.45) is 1.34. The van der Waals surface area contributed by atoms with Crippen molar-refractivity contribution < 1.29 is 19.2 Å². The summed E-state index contributed by atoms with van der Waals surface area (Å²) >= 11 is 15.3. The van der Waals surface area contributed by atoms with Crippen molar-refractivity contribution in [3.05, 3.63) is 60.0 Å². The van der Waals surface area contributed by atoms with Crippen LogP contribution < -0.4 is 14.8 Å². The van der Waals surface area contributed by atoms with Crippen LogP contribution >= 0.6 is 39.1 Å². The fraction of sp³-hybridized carbons (Fsp3) is 0.0588. The van der Waals surface area contributed by atoms with E-state index < -0.39 is 10.8 Å². The summed E-state index contributed by atoms with van der Waals surface area (Å²) in [6, 6.07) is 7.17. The third-order valence-electron chi connectivity index (χ3n) is 3.63. The molecule has 0 saturated heterocycles. The maximum Gasteiger partial charge on any atom is 0.272 e. The summed E-state index contributed by atoms with van der Waals surface area (Å²) in [6.45, 7) is 0.0810. The van der Waals surface area contributed by atoms with E-state index in [1.807, 2.05) is 0 Å². The van der Waals surface area contributed by atoms with E-state index in [2.05, 4.69) is 21.2 Å². The van der Waals surface area contributed by atoms with Gasteiger partial charge in [-0.3, -0.25) is 14.9 Å². The number of nitro groups is 1. The molecule has 0 saturated carbocycles. The third-order valence-corrected chi connectivity index (χ3v) is 4.92. The van der Waals surface area contributed by atoms with E-state index in [4.69, 9.17) is 32.7 Å². The Balaban J connectivity index is 1.91. The van der Waals surface area contributed by atoms with Crippen molar-refractivity contribution in [1.29, 1.82) is 5.26 Å². The zero-order chi connectivity index (χ0) is 20.4. The number of rotatable bonds is 4. The highest BCUT2D eigenvalue weighted by Gasteiger charge is 2.20. The molecule has 1 amide bonds. The van der Waals surface area contributed by atoms with Gasteiger partial charge in [0, 0.05) is 16.6 Å². The Kier molecular flexibility index (Phi) is 5.74. The van der Waals surface area contributed by atoms with E-state index in [9.17, 15) is 20.2 Å². The Morgan fingerprint density at radius 1 is 1.25 bits per heavy atom. The number of halogens is 3. The van der Waals surface area contributed by atoms with Crippen LogP contribution in [0.5, 0.6) is 11.5 Å². The lowest BCUT2D eigenvalue weighted by Crippen LogP contribution is -2.14. The molecule has 11 heteroatoms. The van der Waals surface area contributed by atoms with Gasteiger partial charge in [0.2, 0.25) is 6.79 Å². The number of nitro benzene ring substituents is 1. The number of nitrogens with one attached hydrogen (secondary N) is 1. The Morgan fingerprint density at radius 3 is 2.43 bits per heavy atom. The lowest BCUT2D eigenvalue weighted by Gasteiger charge is -2.09. The standard InChI is InChI=1S/C17H8BrCl2N3O5/c18-11-5-15-14(27-7-28-15)2-8(11)1-9(6-21)17(24)22-16-12(19)3-10(23(25)26)4-13(16)20/h1-5H,7H2,(H,22,24)/b9-1+. The van der Waals surface area contributed by atoms with Crippen LogP contribution in [0.3, 0.4) is 0 Å². The van der Waals surface area contributed by atoms with Gasteiger partial charge in [0.05, 0.1) is 20.7 Å². The molecule has 0 unspecified atom stereocenters. The number of carbonyl (C=O) groups excluding carboxylic acids is 1. The maximum atomic E-state index is 12.5. The van der Waals surface area contributed by atoms with E-state index in [0.717, 1.165) is 12.1 Å². The van der Waals surface area contributed by atoms with Gasteiger partial charge in [-0.2, -0.15) is 5.26 Å². The molecular formula is C17H8BrCl2N3O5. The number of hydrogen-bond acceptors (Lipinski definition) is 6. The SMILES string of the molecule is N#C/C(=C\c1cc2c(cc1Br)OCO2)C(=O)Nc1c(Cl)cc([N+](=O)[O-])cc1Cl. The van der Waals surface area contributed by atoms with Gasteiger partial charge in [-0.15, -0.1) is 0 Å². The van der Waals surface area contributed by atoms with Crippen LogP contribution in [0.4, 0.5) is 11.4 Å². The minimum Gasteiger partial charge on any atom is -0.454 e. The van der Waals surface area contributed by atoms with Crippen LogP contribution in [0.15, 0.2) is 34.3 Å². The summed E-state index contributed by atoms with van der Waals surface area (Å²) < 4.78 is 11.1. The number of amides is 1. The number of nitrogens with zero attached hydrogens (tertiary/aromatic N) is 2. The molecule has 0 bridgehead atoms. The fourth-order valence-electron chi connectivity index (χ4n) is 2.31. The van der Waals surface area contributed by atoms with Crippen molar-refractivity contribution in [3.8, 4) is 17.6 Å². The molecule has 2 aromatic carbocycles. The quantitative estimate of drug-likeness (QED) is 0.284. The maximum absolute atomic E-state index is 12.5. The monoisotopic (exact) mass is 483 g/mol. The highest BCUT2D eigenvalue weighted by atomic mass is 79.9. The summed E-state index contributed by atoms with van der Waals surface area (Å²) in [5, 5.41) is 22.3. The molecule has 0 aromatic heterocycles. The van der Waals surface area contributed by atoms with E-state index in [0.29, 0.717) is 21.5 Å². The van der Waals surface area contributed by atoms with E-state index in [1.165, 1.54) is 6.08 Å². The zero-order valence-corrected chi connectivity index (χ0v) is 16.8. The zero-order valence-electron chi connectivity index (χ0n) is 13.7. The van der Waals surface area contributed by atoms with Gasteiger partial charge in [-0.05, 0) is 23.8 Å². The van der Waals surface area contributed by atoms with Crippen LogP contribution in [-0.2, 0) is 4.79 Å². The molecule has 0 spiro atoms. The van der Waals surface area contributed by atoms with Crippen molar-refractivity contribution in [2.75, 3.05) is 12.1 Å². The molecule has 1 aliphatic rings. The molecule has 142 valence electrons. The van der Waals surface area contributed by atoms with Crippen molar-refractivity contribution in [1.82, 2.24) is 0 Å². The summed E-state index contributed by atoms with van der Waals surface area (Å²) in [5.41, 5.74) is -0.0972. The van der Waals surface area contributed by atoms with Gasteiger partial charge < -0.3 is 14.8 Å². The summed E-state index contributed by atoms with van der Waals surface area (Å²) in [7, 11) is 0. The number of ether oxygens (including phenoxy) is 2. The number of fused-ring (bicyclic) bond motifs is 1. The normalized spacial score (nSPS) is 12.4. The Hall–Kier alpha value is -2.80. The molecule has 1 N–H and O–H groups in total. The largest absolute Gasteiger partial charge is 0.454 e. The number of nitriles is 1. The van der Waals surface area contributed by atoms with Crippen LogP contribution in [0.25, 0.3) is 6.08 Å². The van der Waals surface area contributed by atoms with Crippen molar-refractivity contribution in [2.24, 2.45) is 0 Å². The highest BCUT2D eigenvalue weighted by molar-refractivity contribution is 9.10. The molecular weight excluding hydrogens is 477 g/mol. The lowest BCUT2D eigenvalue weighted by atomic mass is 10.1. The predicted octanol–water partition coefficient (Wildman–Crippen LogP) is 4.94. The second kappa shape index (κ2) is 8.06. The number of non-ortho nitro benzene ring substituents is 1. The first-order chi connectivity index (χ1) is 13.3. The second-order valence-electron chi connectivity index (χ2n) is 5.39. The second-order valence-corrected chi connectivity index (χ2v) is 7.06. The van der Waals surface area contributed by atoms with Gasteiger partial charge in [0.1, 0.15) is 11.6 Å². The Morgan fingerprint density at radius 2 is 1.86 bits per heavy atom. The van der Waals surface area contributed by atoms with Crippen LogP contribution in [0.1, 0.15) is 5.56 Å². The molecule has 28 heavy (non-hydrogen) atoms. The first-order valence-electron chi connectivity index (χ1n) is 7.46. The summed E-state index contributed by atoms with van der Waals surface area (Å²) in [4.78, 5) is 22.7. The minimum atomic E-state index is -0.787. The van der Waals surface area contributed by atoms with E-state index >= 15 is 0 Å². The number of benzene rings is 2. The van der Waals surface area contributed by atoms with Crippen LogP contribution in [0, 0.1) is 21.4 Å². The van der Waals surface area contributed by atoms with Crippen molar-refractivity contribution in [3.63, 3.8) is 0 Å². The molecule has 0 fully saturated rings. The van der Waals surface area contributed by atoms with Crippen molar-refractivity contribution >= 4 is 62.5 Å². The average Bonchev–Trinajstić information content (AvgIpc) is 3.09. The predicted molar refractivity (Wildman–Crippen MR) is 106 cm³/mol. The molecule has 0 radical (unpaired) electrons. The summed E-state index contributed by atoms with van der Waals surface area (Å²) in [5.74, 6) is 0.231. The first-order valence-corrected chi connectivity index (χ1v) is 9.00. The lowest BCUT2D eigenvalue weighted by molar-refractivity contribution is -0.384. The molecule has 1 aliphatic heterocycles. The Bertz CT molecular complexity index is 1060. The third kappa shape index (κ3) is 4.04. The molecule has 0 atom stereocenters. The Labute approximate surface area is 176 Å². The number of carbonyl (C=O) groups is 1. The number of hydrogen-bond donors (Lipinski definition) is 1. The molecule has 2 aromatic rings. The number of anilines is 1. The van der Waals surface area contributed by atoms with Crippen LogP contribution in [-0.4, -0.2) is 17.6 Å². The molecule has 0 aliphatic carbocycles. The molecule has 3 rings (SSSR count). The minimum absolute atomic E-state index is 0.0372.